The molecule has 0 heterocycles. The summed E-state index contributed by atoms with van der Waals surface area (Å²) in [5.41, 5.74) is 2.64. The maximum atomic E-state index is 3.08. The summed E-state index contributed by atoms with van der Waals surface area (Å²) < 4.78 is 0. The van der Waals surface area contributed by atoms with Crippen molar-refractivity contribution in [3.05, 3.63) is 33.7 Å². The van der Waals surface area contributed by atoms with Crippen molar-refractivity contribution >= 4 is 12.2 Å². The van der Waals surface area contributed by atoms with Gasteiger partial charge in [0.05, 0.1) is 0 Å². The predicted octanol–water partition coefficient (Wildman–Crippen LogP) is 1.27. The maximum absolute atomic E-state index is 3.08. The van der Waals surface area contributed by atoms with Crippen molar-refractivity contribution in [1.82, 2.24) is 0 Å². The van der Waals surface area contributed by atoms with Crippen molar-refractivity contribution in [2.75, 3.05) is 0 Å². The third-order valence-corrected chi connectivity index (χ3v) is 2.31. The van der Waals surface area contributed by atoms with E-state index in [0.717, 1.165) is 6.42 Å². The molecule has 0 bridgehead atoms. The Bertz CT molecular complexity index is 507. The lowest BCUT2D eigenvalue weighted by molar-refractivity contribution is 1.30. The molecule has 0 atom stereocenters. The van der Waals surface area contributed by atoms with Crippen molar-refractivity contribution in [3.8, 4) is 11.8 Å². The molecular weight excluding hydrogens is 156 g/mol. The van der Waals surface area contributed by atoms with Crippen molar-refractivity contribution in [3.63, 3.8) is 0 Å². The monoisotopic (exact) mass is 168 g/mol. The van der Waals surface area contributed by atoms with E-state index in [4.69, 9.17) is 0 Å². The number of rotatable bonds is 0. The third kappa shape index (κ3) is 1.51. The van der Waals surface area contributed by atoms with Gasteiger partial charge in [0.15, 0.2) is 0 Å². The summed E-state index contributed by atoms with van der Waals surface area (Å²) >= 11 is 0. The molecule has 2 rings (SSSR count). The standard InChI is InChI=1S/C13H12/c1-10-8-11(2)13-7-5-3-4-6-12(13)9-10/h6-9H,4H2,1-2H3. The van der Waals surface area contributed by atoms with Gasteiger partial charge in [0.2, 0.25) is 0 Å². The van der Waals surface area contributed by atoms with Crippen molar-refractivity contribution in [2.24, 2.45) is 0 Å². The van der Waals surface area contributed by atoms with Crippen LogP contribution in [0.5, 0.6) is 0 Å². The van der Waals surface area contributed by atoms with Crippen molar-refractivity contribution in [2.45, 2.75) is 20.3 Å². The molecule has 0 saturated carbocycles. The fourth-order valence-electron chi connectivity index (χ4n) is 1.72. The van der Waals surface area contributed by atoms with Gasteiger partial charge >= 0.3 is 0 Å². The zero-order valence-corrected chi connectivity index (χ0v) is 8.02. The quantitative estimate of drug-likeness (QED) is 0.512. The highest BCUT2D eigenvalue weighted by atomic mass is 14.0. The largest absolute Gasteiger partial charge is 0.0943 e. The van der Waals surface area contributed by atoms with E-state index in [-0.39, 0.29) is 0 Å². The van der Waals surface area contributed by atoms with Crippen LogP contribution in [0.2, 0.25) is 0 Å². The smallest absolute Gasteiger partial charge is 0.0282 e. The minimum atomic E-state index is 0.867. The number of fused-ring (bicyclic) bond motifs is 1. The van der Waals surface area contributed by atoms with Crippen LogP contribution >= 0.6 is 0 Å². The molecule has 0 aromatic heterocycles. The van der Waals surface area contributed by atoms with Crippen LogP contribution < -0.4 is 10.4 Å². The SMILES string of the molecule is Cc1cc(C)c2c(c1)=CCC#CC=2. The number of hydrogen-bond donors (Lipinski definition) is 0. The summed E-state index contributed by atoms with van der Waals surface area (Å²) in [6.45, 7) is 4.27. The van der Waals surface area contributed by atoms with Gasteiger partial charge in [-0.25, -0.2) is 0 Å². The fourth-order valence-corrected chi connectivity index (χ4v) is 1.72. The summed E-state index contributed by atoms with van der Waals surface area (Å²) in [5.74, 6) is 6.14. The van der Waals surface area contributed by atoms with Gasteiger partial charge in [0.25, 0.3) is 0 Å². The highest BCUT2D eigenvalue weighted by Crippen LogP contribution is 1.94. The molecule has 64 valence electrons. The van der Waals surface area contributed by atoms with Gasteiger partial charge in [-0.3, -0.25) is 0 Å². The molecule has 0 heteroatoms. The Morgan fingerprint density at radius 2 is 2.08 bits per heavy atom. The molecule has 0 N–H and O–H groups in total. The lowest BCUT2D eigenvalue weighted by Crippen LogP contribution is -2.27. The molecule has 0 aliphatic heterocycles. The molecule has 13 heavy (non-hydrogen) atoms. The molecule has 0 fully saturated rings. The molecule has 0 radical (unpaired) electrons. The van der Waals surface area contributed by atoms with E-state index >= 15 is 0 Å². The van der Waals surface area contributed by atoms with E-state index in [9.17, 15) is 0 Å². The lowest BCUT2D eigenvalue weighted by Gasteiger charge is -1.98. The Morgan fingerprint density at radius 3 is 2.92 bits per heavy atom. The van der Waals surface area contributed by atoms with Gasteiger partial charge in [0.1, 0.15) is 0 Å². The maximum Gasteiger partial charge on any atom is 0.0282 e. The first-order chi connectivity index (χ1) is 6.27. The third-order valence-electron chi connectivity index (χ3n) is 2.31. The average Bonchev–Trinajstić information content (AvgIpc) is 2.28. The highest BCUT2D eigenvalue weighted by Gasteiger charge is 1.94. The van der Waals surface area contributed by atoms with Crippen LogP contribution in [0.25, 0.3) is 12.2 Å². The molecule has 1 aliphatic rings. The number of hydrogen-bond acceptors (Lipinski definition) is 0. The molecular formula is C13H12. The molecule has 1 aromatic carbocycles. The molecule has 0 amide bonds. The Balaban J connectivity index is 2.89. The lowest BCUT2D eigenvalue weighted by atomic mass is 10.1. The second-order valence-corrected chi connectivity index (χ2v) is 3.46. The van der Waals surface area contributed by atoms with Crippen molar-refractivity contribution < 1.29 is 0 Å². The number of benzene rings is 1. The van der Waals surface area contributed by atoms with Gasteiger partial charge < -0.3 is 0 Å². The Labute approximate surface area is 78.6 Å². The van der Waals surface area contributed by atoms with Gasteiger partial charge in [-0.15, -0.1) is 0 Å². The van der Waals surface area contributed by atoms with Crippen molar-refractivity contribution in [1.29, 1.82) is 0 Å². The van der Waals surface area contributed by atoms with Crippen LogP contribution in [0.4, 0.5) is 0 Å². The van der Waals surface area contributed by atoms with Gasteiger partial charge in [-0.1, -0.05) is 35.6 Å². The fraction of sp³-hybridized carbons (Fsp3) is 0.231. The number of aryl methyl sites for hydroxylation is 2. The topological polar surface area (TPSA) is 0 Å². The van der Waals surface area contributed by atoms with Crippen LogP contribution in [0.1, 0.15) is 17.5 Å². The van der Waals surface area contributed by atoms with Crippen LogP contribution in [0.3, 0.4) is 0 Å². The van der Waals surface area contributed by atoms with Crippen LogP contribution in [-0.4, -0.2) is 0 Å². The second kappa shape index (κ2) is 3.11. The van der Waals surface area contributed by atoms with E-state index in [1.807, 2.05) is 6.08 Å². The Kier molecular flexibility index (Phi) is 1.94. The van der Waals surface area contributed by atoms with Gasteiger partial charge in [-0.2, -0.15) is 0 Å². The molecule has 0 unspecified atom stereocenters. The zero-order chi connectivity index (χ0) is 9.26. The van der Waals surface area contributed by atoms with E-state index in [1.54, 1.807) is 0 Å². The summed E-state index contributed by atoms with van der Waals surface area (Å²) in [6.07, 6.45) is 5.09. The van der Waals surface area contributed by atoms with Gasteiger partial charge in [0, 0.05) is 6.42 Å². The van der Waals surface area contributed by atoms with Crippen LogP contribution in [0.15, 0.2) is 12.1 Å². The molecule has 1 aromatic rings. The summed E-state index contributed by atoms with van der Waals surface area (Å²) in [5, 5.41) is 2.60. The first-order valence-corrected chi connectivity index (χ1v) is 4.53. The molecule has 1 aliphatic carbocycles. The summed E-state index contributed by atoms with van der Waals surface area (Å²) in [7, 11) is 0. The van der Waals surface area contributed by atoms with Crippen LogP contribution in [-0.2, 0) is 0 Å². The van der Waals surface area contributed by atoms with Crippen LogP contribution in [0, 0.1) is 25.7 Å². The molecule has 0 nitrogen and oxygen atoms in total. The summed E-state index contributed by atoms with van der Waals surface area (Å²) in [4.78, 5) is 0. The van der Waals surface area contributed by atoms with Gasteiger partial charge in [-0.05, 0) is 35.9 Å². The van der Waals surface area contributed by atoms with E-state index < -0.39 is 0 Å². The second-order valence-electron chi connectivity index (χ2n) is 3.46. The molecule has 0 saturated heterocycles. The zero-order valence-electron chi connectivity index (χ0n) is 8.02. The first-order valence-electron chi connectivity index (χ1n) is 4.53. The van der Waals surface area contributed by atoms with E-state index in [1.165, 1.54) is 21.6 Å². The minimum Gasteiger partial charge on any atom is -0.0943 e. The first kappa shape index (κ1) is 8.13. The highest BCUT2D eigenvalue weighted by molar-refractivity contribution is 5.52. The Morgan fingerprint density at radius 1 is 1.23 bits per heavy atom. The van der Waals surface area contributed by atoms with E-state index in [2.05, 4.69) is 43.9 Å². The predicted molar refractivity (Wildman–Crippen MR) is 56.5 cm³/mol. The Hall–Kier alpha value is -1.48. The molecule has 0 spiro atoms. The average molecular weight is 168 g/mol. The van der Waals surface area contributed by atoms with E-state index in [0.29, 0.717) is 0 Å². The minimum absolute atomic E-state index is 0.867. The summed E-state index contributed by atoms with van der Waals surface area (Å²) in [6, 6.07) is 4.42. The normalized spacial score (nSPS) is 12.8.